The van der Waals surface area contributed by atoms with Gasteiger partial charge in [0.2, 0.25) is 0 Å². The Kier molecular flexibility index (Phi) is 6.22. The van der Waals surface area contributed by atoms with Crippen molar-refractivity contribution in [2.24, 2.45) is 0 Å². The Hall–Kier alpha value is -1.37. The van der Waals surface area contributed by atoms with Crippen molar-refractivity contribution in [1.82, 2.24) is 4.90 Å². The lowest BCUT2D eigenvalue weighted by Gasteiger charge is -2.36. The molecule has 0 amide bonds. The molecule has 1 atom stereocenters. The van der Waals surface area contributed by atoms with Crippen molar-refractivity contribution >= 4 is 0 Å². The zero-order valence-electron chi connectivity index (χ0n) is 12.7. The first-order valence-electron chi connectivity index (χ1n) is 7.86. The van der Waals surface area contributed by atoms with E-state index in [9.17, 15) is 4.39 Å². The first kappa shape index (κ1) is 16.0. The lowest BCUT2D eigenvalue weighted by Crippen LogP contribution is -2.38. The van der Waals surface area contributed by atoms with E-state index >= 15 is 0 Å². The van der Waals surface area contributed by atoms with Crippen LogP contribution in [0.1, 0.15) is 50.2 Å². The van der Waals surface area contributed by atoms with Crippen LogP contribution in [0.2, 0.25) is 0 Å². The maximum atomic E-state index is 13.4. The monoisotopic (exact) mass is 289 g/mol. The molecule has 0 bridgehead atoms. The molecule has 1 aromatic carbocycles. The molecule has 3 heteroatoms. The van der Waals surface area contributed by atoms with E-state index in [4.69, 9.17) is 5.11 Å². The van der Waals surface area contributed by atoms with Crippen LogP contribution in [-0.4, -0.2) is 29.2 Å². The smallest absolute Gasteiger partial charge is 0.124 e. The molecule has 1 fully saturated rings. The fraction of sp³-hybridized carbons (Fsp3) is 0.556. The minimum absolute atomic E-state index is 0.196. The minimum Gasteiger partial charge on any atom is -0.384 e. The Balaban J connectivity index is 2.17. The van der Waals surface area contributed by atoms with E-state index < -0.39 is 0 Å². The predicted molar refractivity (Wildman–Crippen MR) is 83.3 cm³/mol. The van der Waals surface area contributed by atoms with Crippen LogP contribution in [0.15, 0.2) is 18.2 Å². The van der Waals surface area contributed by atoms with Gasteiger partial charge in [0.1, 0.15) is 12.4 Å². The van der Waals surface area contributed by atoms with Crippen molar-refractivity contribution in [3.63, 3.8) is 0 Å². The summed E-state index contributed by atoms with van der Waals surface area (Å²) in [5, 5.41) is 8.84. The van der Waals surface area contributed by atoms with E-state index in [2.05, 4.69) is 23.7 Å². The summed E-state index contributed by atoms with van der Waals surface area (Å²) in [7, 11) is 0. The lowest BCUT2D eigenvalue weighted by molar-refractivity contribution is 0.131. The molecular weight excluding hydrogens is 265 g/mol. The number of hydrogen-bond acceptors (Lipinski definition) is 2. The Bertz CT molecular complexity index is 516. The first-order chi connectivity index (χ1) is 10.2. The number of likely N-dealkylation sites (tertiary alicyclic amines) is 1. The first-order valence-corrected chi connectivity index (χ1v) is 7.86. The van der Waals surface area contributed by atoms with Crippen molar-refractivity contribution in [2.45, 2.75) is 51.6 Å². The molecule has 2 nitrogen and oxygen atoms in total. The van der Waals surface area contributed by atoms with Crippen LogP contribution in [0.25, 0.3) is 0 Å². The third-order valence-electron chi connectivity index (χ3n) is 4.12. The van der Waals surface area contributed by atoms with Crippen LogP contribution in [0.4, 0.5) is 4.39 Å². The fourth-order valence-electron chi connectivity index (χ4n) is 3.08. The van der Waals surface area contributed by atoms with Gasteiger partial charge in [0.15, 0.2) is 0 Å². The summed E-state index contributed by atoms with van der Waals surface area (Å²) in [5.41, 5.74) is 1.75. The van der Waals surface area contributed by atoms with Gasteiger partial charge in [-0.3, -0.25) is 4.90 Å². The van der Waals surface area contributed by atoms with E-state index in [1.165, 1.54) is 44.2 Å². The maximum Gasteiger partial charge on any atom is 0.124 e. The standard InChI is InChI=1S/C18H24FNO/c1-2-6-18-8-3-4-11-20(18)14-16-9-10-17(19)13-15(16)7-5-12-21/h9-10,13,18,21H,2-4,6,8,11-12,14H2,1H3. The van der Waals surface area contributed by atoms with Crippen LogP contribution in [0.3, 0.4) is 0 Å². The van der Waals surface area contributed by atoms with Crippen LogP contribution in [0.5, 0.6) is 0 Å². The third kappa shape index (κ3) is 4.56. The van der Waals surface area contributed by atoms with Crippen LogP contribution < -0.4 is 0 Å². The van der Waals surface area contributed by atoms with Crippen molar-refractivity contribution < 1.29 is 9.50 Å². The van der Waals surface area contributed by atoms with E-state index in [0.29, 0.717) is 11.6 Å². The second kappa shape index (κ2) is 8.17. The molecule has 0 aromatic heterocycles. The lowest BCUT2D eigenvalue weighted by atomic mass is 9.96. The number of hydrogen-bond donors (Lipinski definition) is 1. The SMILES string of the molecule is CCCC1CCCCN1Cc1ccc(F)cc1C#CCO. The summed E-state index contributed by atoms with van der Waals surface area (Å²) in [6.07, 6.45) is 6.22. The third-order valence-corrected chi connectivity index (χ3v) is 4.12. The van der Waals surface area contributed by atoms with Crippen molar-refractivity contribution in [2.75, 3.05) is 13.2 Å². The number of rotatable bonds is 4. The van der Waals surface area contributed by atoms with Gasteiger partial charge in [0.25, 0.3) is 0 Å². The molecule has 21 heavy (non-hydrogen) atoms. The molecule has 0 aliphatic carbocycles. The predicted octanol–water partition coefficient (Wildman–Crippen LogP) is 3.32. The molecular formula is C18H24FNO. The van der Waals surface area contributed by atoms with Gasteiger partial charge < -0.3 is 5.11 Å². The number of nitrogens with zero attached hydrogens (tertiary/aromatic N) is 1. The minimum atomic E-state index is -0.273. The molecule has 0 radical (unpaired) electrons. The maximum absolute atomic E-state index is 13.4. The van der Waals surface area contributed by atoms with Gasteiger partial charge in [-0.05, 0) is 43.5 Å². The summed E-state index contributed by atoms with van der Waals surface area (Å²) in [6, 6.07) is 5.43. The van der Waals surface area contributed by atoms with E-state index in [-0.39, 0.29) is 12.4 Å². The fourth-order valence-corrected chi connectivity index (χ4v) is 3.08. The van der Waals surface area contributed by atoms with Crippen LogP contribution >= 0.6 is 0 Å². The van der Waals surface area contributed by atoms with E-state index in [0.717, 1.165) is 18.7 Å². The second-order valence-electron chi connectivity index (χ2n) is 5.67. The molecule has 1 heterocycles. The Morgan fingerprint density at radius 2 is 2.24 bits per heavy atom. The van der Waals surface area contributed by atoms with Gasteiger partial charge in [-0.1, -0.05) is 37.7 Å². The molecule has 2 rings (SSSR count). The number of aliphatic hydroxyl groups is 1. The van der Waals surface area contributed by atoms with Crippen LogP contribution in [-0.2, 0) is 6.54 Å². The molecule has 1 saturated heterocycles. The number of aliphatic hydroxyl groups excluding tert-OH is 1. The Morgan fingerprint density at radius 1 is 1.38 bits per heavy atom. The molecule has 1 aliphatic rings. The Labute approximate surface area is 127 Å². The van der Waals surface area contributed by atoms with Gasteiger partial charge in [-0.2, -0.15) is 0 Å². The van der Waals surface area contributed by atoms with Crippen LogP contribution in [0, 0.1) is 17.7 Å². The normalized spacial score (nSPS) is 19.1. The van der Waals surface area contributed by atoms with Gasteiger partial charge in [0.05, 0.1) is 0 Å². The number of benzene rings is 1. The van der Waals surface area contributed by atoms with Crippen molar-refractivity contribution in [3.8, 4) is 11.8 Å². The van der Waals surface area contributed by atoms with Crippen molar-refractivity contribution in [1.29, 1.82) is 0 Å². The van der Waals surface area contributed by atoms with E-state index in [1.54, 1.807) is 0 Å². The molecule has 1 aliphatic heterocycles. The van der Waals surface area contributed by atoms with Gasteiger partial charge in [-0.25, -0.2) is 4.39 Å². The molecule has 1 aromatic rings. The van der Waals surface area contributed by atoms with Gasteiger partial charge in [0, 0.05) is 18.2 Å². The molecule has 114 valence electrons. The molecule has 1 N–H and O–H groups in total. The average molecular weight is 289 g/mol. The number of piperidine rings is 1. The van der Waals surface area contributed by atoms with E-state index in [1.807, 2.05) is 6.07 Å². The molecule has 0 spiro atoms. The van der Waals surface area contributed by atoms with Gasteiger partial charge >= 0.3 is 0 Å². The summed E-state index contributed by atoms with van der Waals surface area (Å²) in [5.74, 6) is 5.23. The summed E-state index contributed by atoms with van der Waals surface area (Å²) >= 11 is 0. The highest BCUT2D eigenvalue weighted by Crippen LogP contribution is 2.24. The quantitative estimate of drug-likeness (QED) is 0.860. The van der Waals surface area contributed by atoms with Gasteiger partial charge in [-0.15, -0.1) is 0 Å². The topological polar surface area (TPSA) is 23.5 Å². The zero-order chi connectivity index (χ0) is 15.1. The highest BCUT2D eigenvalue weighted by molar-refractivity contribution is 5.41. The summed E-state index contributed by atoms with van der Waals surface area (Å²) in [6.45, 7) is 3.95. The molecule has 0 saturated carbocycles. The summed E-state index contributed by atoms with van der Waals surface area (Å²) in [4.78, 5) is 2.50. The largest absolute Gasteiger partial charge is 0.384 e. The highest BCUT2D eigenvalue weighted by Gasteiger charge is 2.22. The zero-order valence-corrected chi connectivity index (χ0v) is 12.7. The van der Waals surface area contributed by atoms with Crippen molar-refractivity contribution in [3.05, 3.63) is 35.1 Å². The summed E-state index contributed by atoms with van der Waals surface area (Å²) < 4.78 is 13.4. The Morgan fingerprint density at radius 3 is 3.00 bits per heavy atom. The highest BCUT2D eigenvalue weighted by atomic mass is 19.1. The average Bonchev–Trinajstić information content (AvgIpc) is 2.49. The number of halogens is 1. The second-order valence-corrected chi connectivity index (χ2v) is 5.67. The molecule has 1 unspecified atom stereocenters.